The molecule has 0 radical (unpaired) electrons. The summed E-state index contributed by atoms with van der Waals surface area (Å²) in [6.07, 6.45) is 3.97. The number of nitrogens with one attached hydrogen (secondary N) is 1. The predicted molar refractivity (Wildman–Crippen MR) is 64.9 cm³/mol. The fourth-order valence-electron chi connectivity index (χ4n) is 2.56. The summed E-state index contributed by atoms with van der Waals surface area (Å²) in [5, 5.41) is 3.51. The second kappa shape index (κ2) is 5.32. The standard InChI is InChI=1S/C14H21N/c1-12-9-14(7-8-15-11-12)10-13-5-3-2-4-6-13/h2-6,12,14-15H,7-11H2,1H3. The van der Waals surface area contributed by atoms with Crippen molar-refractivity contribution in [2.75, 3.05) is 13.1 Å². The van der Waals surface area contributed by atoms with E-state index in [0.29, 0.717) is 0 Å². The Labute approximate surface area is 92.9 Å². The summed E-state index contributed by atoms with van der Waals surface area (Å²) in [4.78, 5) is 0. The van der Waals surface area contributed by atoms with Gasteiger partial charge in [0, 0.05) is 0 Å². The molecule has 15 heavy (non-hydrogen) atoms. The normalized spacial score (nSPS) is 27.3. The van der Waals surface area contributed by atoms with Crippen LogP contribution < -0.4 is 5.32 Å². The lowest BCUT2D eigenvalue weighted by molar-refractivity contribution is 0.409. The maximum absolute atomic E-state index is 3.51. The van der Waals surface area contributed by atoms with E-state index in [1.165, 1.54) is 37.9 Å². The quantitative estimate of drug-likeness (QED) is 0.779. The highest BCUT2D eigenvalue weighted by atomic mass is 14.9. The van der Waals surface area contributed by atoms with E-state index in [0.717, 1.165) is 11.8 Å². The molecule has 1 saturated heterocycles. The van der Waals surface area contributed by atoms with Crippen LogP contribution in [0.25, 0.3) is 0 Å². The fourth-order valence-corrected chi connectivity index (χ4v) is 2.56. The molecule has 1 aromatic rings. The third kappa shape index (κ3) is 3.35. The topological polar surface area (TPSA) is 12.0 Å². The second-order valence-corrected chi connectivity index (χ2v) is 4.89. The van der Waals surface area contributed by atoms with Gasteiger partial charge in [0.05, 0.1) is 0 Å². The van der Waals surface area contributed by atoms with Crippen molar-refractivity contribution in [3.63, 3.8) is 0 Å². The van der Waals surface area contributed by atoms with Crippen molar-refractivity contribution in [3.05, 3.63) is 35.9 Å². The molecule has 0 aromatic heterocycles. The van der Waals surface area contributed by atoms with Gasteiger partial charge >= 0.3 is 0 Å². The van der Waals surface area contributed by atoms with Crippen molar-refractivity contribution in [2.45, 2.75) is 26.2 Å². The minimum absolute atomic E-state index is 0.834. The summed E-state index contributed by atoms with van der Waals surface area (Å²) >= 11 is 0. The molecule has 1 N–H and O–H groups in total. The lowest BCUT2D eigenvalue weighted by atomic mass is 9.89. The molecule has 1 heterocycles. The molecule has 0 bridgehead atoms. The predicted octanol–water partition coefficient (Wildman–Crippen LogP) is 2.86. The van der Waals surface area contributed by atoms with Crippen molar-refractivity contribution >= 4 is 0 Å². The summed E-state index contributed by atoms with van der Waals surface area (Å²) in [7, 11) is 0. The van der Waals surface area contributed by atoms with Crippen molar-refractivity contribution in [3.8, 4) is 0 Å². The molecule has 1 aliphatic rings. The van der Waals surface area contributed by atoms with Gasteiger partial charge in [0.25, 0.3) is 0 Å². The largest absolute Gasteiger partial charge is 0.316 e. The highest BCUT2D eigenvalue weighted by molar-refractivity contribution is 5.15. The zero-order chi connectivity index (χ0) is 10.5. The Morgan fingerprint density at radius 2 is 2.07 bits per heavy atom. The molecular formula is C14H21N. The second-order valence-electron chi connectivity index (χ2n) is 4.89. The average Bonchev–Trinajstić information content (AvgIpc) is 2.44. The van der Waals surface area contributed by atoms with Gasteiger partial charge in [0.2, 0.25) is 0 Å². The number of hydrogen-bond donors (Lipinski definition) is 1. The number of benzene rings is 1. The number of rotatable bonds is 2. The summed E-state index contributed by atoms with van der Waals surface area (Å²) in [5.41, 5.74) is 1.50. The zero-order valence-electron chi connectivity index (χ0n) is 9.58. The van der Waals surface area contributed by atoms with E-state index in [1.54, 1.807) is 0 Å². The van der Waals surface area contributed by atoms with E-state index in [2.05, 4.69) is 42.6 Å². The molecule has 0 spiro atoms. The van der Waals surface area contributed by atoms with Gasteiger partial charge < -0.3 is 5.32 Å². The van der Waals surface area contributed by atoms with E-state index in [-0.39, 0.29) is 0 Å². The Bertz CT molecular complexity index is 281. The summed E-state index contributed by atoms with van der Waals surface area (Å²) in [6, 6.07) is 10.9. The van der Waals surface area contributed by atoms with Crippen molar-refractivity contribution in [1.82, 2.24) is 5.32 Å². The summed E-state index contributed by atoms with van der Waals surface area (Å²) < 4.78 is 0. The summed E-state index contributed by atoms with van der Waals surface area (Å²) in [6.45, 7) is 4.75. The van der Waals surface area contributed by atoms with Crippen LogP contribution >= 0.6 is 0 Å². The first kappa shape index (κ1) is 10.7. The molecule has 2 atom stereocenters. The van der Waals surface area contributed by atoms with Gasteiger partial charge in [-0.3, -0.25) is 0 Å². The molecule has 2 rings (SSSR count). The Balaban J connectivity index is 1.93. The summed E-state index contributed by atoms with van der Waals surface area (Å²) in [5.74, 6) is 1.71. The SMILES string of the molecule is CC1CNCCC(Cc2ccccc2)C1. The Morgan fingerprint density at radius 3 is 2.87 bits per heavy atom. The van der Waals surface area contributed by atoms with Gasteiger partial charge in [-0.05, 0) is 49.8 Å². The number of hydrogen-bond acceptors (Lipinski definition) is 1. The Morgan fingerprint density at radius 1 is 1.27 bits per heavy atom. The maximum atomic E-state index is 3.51. The van der Waals surface area contributed by atoms with Crippen molar-refractivity contribution in [1.29, 1.82) is 0 Å². The molecule has 0 aliphatic carbocycles. The van der Waals surface area contributed by atoms with E-state index in [4.69, 9.17) is 0 Å². The molecule has 1 aromatic carbocycles. The third-order valence-electron chi connectivity index (χ3n) is 3.33. The van der Waals surface area contributed by atoms with Crippen LogP contribution in [0.2, 0.25) is 0 Å². The molecule has 82 valence electrons. The lowest BCUT2D eigenvalue weighted by Gasteiger charge is -2.16. The molecular weight excluding hydrogens is 182 g/mol. The molecule has 1 nitrogen and oxygen atoms in total. The third-order valence-corrected chi connectivity index (χ3v) is 3.33. The van der Waals surface area contributed by atoms with Gasteiger partial charge in [0.1, 0.15) is 0 Å². The van der Waals surface area contributed by atoms with Gasteiger partial charge in [-0.2, -0.15) is 0 Å². The van der Waals surface area contributed by atoms with E-state index < -0.39 is 0 Å². The Kier molecular flexibility index (Phi) is 3.79. The maximum Gasteiger partial charge on any atom is -0.00230 e. The van der Waals surface area contributed by atoms with Crippen LogP contribution in [-0.2, 0) is 6.42 Å². The monoisotopic (exact) mass is 203 g/mol. The van der Waals surface area contributed by atoms with E-state index in [1.807, 2.05) is 0 Å². The van der Waals surface area contributed by atoms with Crippen LogP contribution in [0.3, 0.4) is 0 Å². The molecule has 2 unspecified atom stereocenters. The highest BCUT2D eigenvalue weighted by Gasteiger charge is 2.16. The minimum Gasteiger partial charge on any atom is -0.316 e. The molecule has 1 aliphatic heterocycles. The van der Waals surface area contributed by atoms with E-state index >= 15 is 0 Å². The first-order valence-corrected chi connectivity index (χ1v) is 6.09. The molecule has 1 fully saturated rings. The zero-order valence-corrected chi connectivity index (χ0v) is 9.58. The van der Waals surface area contributed by atoms with E-state index in [9.17, 15) is 0 Å². The van der Waals surface area contributed by atoms with Crippen LogP contribution in [0, 0.1) is 11.8 Å². The van der Waals surface area contributed by atoms with Gasteiger partial charge in [0.15, 0.2) is 0 Å². The molecule has 1 heteroatoms. The molecule has 0 saturated carbocycles. The van der Waals surface area contributed by atoms with Crippen LogP contribution in [0.15, 0.2) is 30.3 Å². The van der Waals surface area contributed by atoms with Gasteiger partial charge in [-0.15, -0.1) is 0 Å². The van der Waals surface area contributed by atoms with Gasteiger partial charge in [-0.25, -0.2) is 0 Å². The fraction of sp³-hybridized carbons (Fsp3) is 0.571. The first-order chi connectivity index (χ1) is 7.34. The van der Waals surface area contributed by atoms with Crippen LogP contribution in [0.5, 0.6) is 0 Å². The molecule has 0 amide bonds. The average molecular weight is 203 g/mol. The lowest BCUT2D eigenvalue weighted by Crippen LogP contribution is -2.18. The van der Waals surface area contributed by atoms with Crippen LogP contribution in [0.1, 0.15) is 25.3 Å². The van der Waals surface area contributed by atoms with Crippen molar-refractivity contribution in [2.24, 2.45) is 11.8 Å². The van der Waals surface area contributed by atoms with Crippen LogP contribution in [0.4, 0.5) is 0 Å². The minimum atomic E-state index is 0.834. The Hall–Kier alpha value is -0.820. The smallest absolute Gasteiger partial charge is 0.00230 e. The first-order valence-electron chi connectivity index (χ1n) is 6.09. The van der Waals surface area contributed by atoms with Crippen molar-refractivity contribution < 1.29 is 0 Å². The van der Waals surface area contributed by atoms with Gasteiger partial charge in [-0.1, -0.05) is 37.3 Å². The highest BCUT2D eigenvalue weighted by Crippen LogP contribution is 2.22. The van der Waals surface area contributed by atoms with Crippen LogP contribution in [-0.4, -0.2) is 13.1 Å².